The predicted octanol–water partition coefficient (Wildman–Crippen LogP) is 3.45. The Hall–Kier alpha value is -2.07. The maximum atomic E-state index is 12.1. The molecule has 0 unspecified atom stereocenters. The van der Waals surface area contributed by atoms with Gasteiger partial charge in [-0.25, -0.2) is 4.98 Å². The minimum atomic E-state index is -0.134. The van der Waals surface area contributed by atoms with E-state index in [1.807, 2.05) is 24.3 Å². The summed E-state index contributed by atoms with van der Waals surface area (Å²) in [5.74, 6) is 0.441. The summed E-state index contributed by atoms with van der Waals surface area (Å²) < 4.78 is 0. The van der Waals surface area contributed by atoms with Crippen molar-refractivity contribution in [1.82, 2.24) is 15.2 Å². The second-order valence-corrected chi connectivity index (χ2v) is 5.56. The minimum absolute atomic E-state index is 0.134. The van der Waals surface area contributed by atoms with Crippen LogP contribution < -0.4 is 5.56 Å². The third kappa shape index (κ3) is 1.76. The Bertz CT molecular complexity index is 861. The molecule has 0 bridgehead atoms. The average molecular weight is 286 g/mol. The Morgan fingerprint density at radius 3 is 2.80 bits per heavy atom. The van der Waals surface area contributed by atoms with Crippen LogP contribution in [0.15, 0.2) is 35.1 Å². The standard InChI is InChI=1S/C15H12ClN3O/c16-10-7-12(17-11-4-2-1-3-9(10)11)13-14(8-5-6-8)18-19-15(13)20/h1-4,7-8H,5-6H2,(H2,18,19,20). The molecule has 2 heterocycles. The number of rotatable bonds is 2. The number of aromatic nitrogens is 3. The fraction of sp³-hybridized carbons (Fsp3) is 0.200. The lowest BCUT2D eigenvalue weighted by Crippen LogP contribution is -2.03. The number of aromatic amines is 2. The van der Waals surface area contributed by atoms with Gasteiger partial charge in [0.2, 0.25) is 0 Å². The van der Waals surface area contributed by atoms with Crippen molar-refractivity contribution in [2.45, 2.75) is 18.8 Å². The first-order valence-electron chi connectivity index (χ1n) is 6.60. The van der Waals surface area contributed by atoms with Crippen LogP contribution in [-0.4, -0.2) is 15.2 Å². The second-order valence-electron chi connectivity index (χ2n) is 5.15. The van der Waals surface area contributed by atoms with E-state index in [1.54, 1.807) is 6.07 Å². The molecule has 1 aromatic carbocycles. The normalized spacial score (nSPS) is 14.8. The zero-order valence-electron chi connectivity index (χ0n) is 10.6. The number of pyridine rings is 1. The Morgan fingerprint density at radius 1 is 1.20 bits per heavy atom. The highest BCUT2D eigenvalue weighted by atomic mass is 35.5. The summed E-state index contributed by atoms with van der Waals surface area (Å²) in [4.78, 5) is 16.6. The van der Waals surface area contributed by atoms with Gasteiger partial charge in [-0.15, -0.1) is 0 Å². The van der Waals surface area contributed by atoms with Crippen molar-refractivity contribution in [1.29, 1.82) is 0 Å². The van der Waals surface area contributed by atoms with Gasteiger partial charge in [-0.05, 0) is 25.0 Å². The van der Waals surface area contributed by atoms with E-state index in [0.717, 1.165) is 29.4 Å². The molecule has 4 rings (SSSR count). The van der Waals surface area contributed by atoms with Crippen LogP contribution in [0.4, 0.5) is 0 Å². The first-order valence-corrected chi connectivity index (χ1v) is 6.98. The third-order valence-corrected chi connectivity index (χ3v) is 4.03. The van der Waals surface area contributed by atoms with Crippen molar-refractivity contribution in [3.05, 3.63) is 51.4 Å². The zero-order valence-corrected chi connectivity index (χ0v) is 11.4. The van der Waals surface area contributed by atoms with Gasteiger partial charge in [0.25, 0.3) is 5.56 Å². The van der Waals surface area contributed by atoms with E-state index < -0.39 is 0 Å². The highest BCUT2D eigenvalue weighted by Crippen LogP contribution is 2.42. The Morgan fingerprint density at radius 2 is 2.00 bits per heavy atom. The van der Waals surface area contributed by atoms with Crippen molar-refractivity contribution in [3.63, 3.8) is 0 Å². The van der Waals surface area contributed by atoms with Crippen molar-refractivity contribution in [3.8, 4) is 11.3 Å². The molecule has 0 radical (unpaired) electrons. The summed E-state index contributed by atoms with van der Waals surface area (Å²) >= 11 is 6.32. The van der Waals surface area contributed by atoms with Crippen LogP contribution in [-0.2, 0) is 0 Å². The predicted molar refractivity (Wildman–Crippen MR) is 79.1 cm³/mol. The van der Waals surface area contributed by atoms with Crippen LogP contribution in [0.1, 0.15) is 24.5 Å². The molecule has 20 heavy (non-hydrogen) atoms. The number of benzene rings is 1. The van der Waals surface area contributed by atoms with Crippen LogP contribution in [0.2, 0.25) is 5.02 Å². The van der Waals surface area contributed by atoms with Crippen molar-refractivity contribution in [2.75, 3.05) is 0 Å². The summed E-state index contributed by atoms with van der Waals surface area (Å²) in [5, 5.41) is 7.16. The van der Waals surface area contributed by atoms with Gasteiger partial charge in [0.15, 0.2) is 0 Å². The number of H-pyrrole nitrogens is 2. The SMILES string of the molecule is O=c1[nH][nH]c(C2CC2)c1-c1cc(Cl)c2ccccc2n1. The summed E-state index contributed by atoms with van der Waals surface area (Å²) in [6.07, 6.45) is 2.23. The lowest BCUT2D eigenvalue weighted by molar-refractivity contribution is 0.956. The van der Waals surface area contributed by atoms with Gasteiger partial charge in [-0.2, -0.15) is 0 Å². The molecule has 0 spiro atoms. The Labute approximate surface area is 119 Å². The summed E-state index contributed by atoms with van der Waals surface area (Å²) in [7, 11) is 0. The molecule has 2 N–H and O–H groups in total. The van der Waals surface area contributed by atoms with Crippen molar-refractivity contribution in [2.24, 2.45) is 0 Å². The smallest absolute Gasteiger partial charge is 0.273 e. The maximum Gasteiger partial charge on any atom is 0.273 e. The van der Waals surface area contributed by atoms with Crippen molar-refractivity contribution >= 4 is 22.5 Å². The summed E-state index contributed by atoms with van der Waals surface area (Å²) in [6, 6.07) is 9.45. The number of fused-ring (bicyclic) bond motifs is 1. The summed E-state index contributed by atoms with van der Waals surface area (Å²) in [5.41, 5.74) is 2.88. The third-order valence-electron chi connectivity index (χ3n) is 3.71. The molecule has 5 heteroatoms. The molecule has 0 amide bonds. The van der Waals surface area contributed by atoms with Crippen molar-refractivity contribution < 1.29 is 0 Å². The molecule has 2 aromatic heterocycles. The van der Waals surface area contributed by atoms with Crippen LogP contribution in [0.25, 0.3) is 22.2 Å². The van der Waals surface area contributed by atoms with Gasteiger partial charge in [-0.3, -0.25) is 9.89 Å². The van der Waals surface area contributed by atoms with E-state index in [9.17, 15) is 4.79 Å². The average Bonchev–Trinajstić information content (AvgIpc) is 3.22. The molecule has 4 nitrogen and oxygen atoms in total. The fourth-order valence-electron chi connectivity index (χ4n) is 2.56. The molecule has 1 fully saturated rings. The lowest BCUT2D eigenvalue weighted by atomic mass is 10.1. The van der Waals surface area contributed by atoms with Gasteiger partial charge < -0.3 is 5.10 Å². The quantitative estimate of drug-likeness (QED) is 0.757. The van der Waals surface area contributed by atoms with Crippen LogP contribution in [0.5, 0.6) is 0 Å². The fourth-order valence-corrected chi connectivity index (χ4v) is 2.83. The second kappa shape index (κ2) is 4.21. The number of nitrogens with zero attached hydrogens (tertiary/aromatic N) is 1. The highest BCUT2D eigenvalue weighted by Gasteiger charge is 2.30. The van der Waals surface area contributed by atoms with E-state index in [0.29, 0.717) is 22.2 Å². The number of para-hydroxylation sites is 1. The Kier molecular flexibility index (Phi) is 2.47. The van der Waals surface area contributed by atoms with Gasteiger partial charge >= 0.3 is 0 Å². The van der Waals surface area contributed by atoms with E-state index in [1.165, 1.54) is 0 Å². The molecule has 1 aliphatic rings. The topological polar surface area (TPSA) is 61.5 Å². The van der Waals surface area contributed by atoms with Gasteiger partial charge in [0, 0.05) is 17.0 Å². The van der Waals surface area contributed by atoms with Crippen LogP contribution >= 0.6 is 11.6 Å². The highest BCUT2D eigenvalue weighted by molar-refractivity contribution is 6.35. The van der Waals surface area contributed by atoms with Crippen LogP contribution in [0.3, 0.4) is 0 Å². The van der Waals surface area contributed by atoms with Gasteiger partial charge in [0.1, 0.15) is 0 Å². The molecule has 0 aliphatic heterocycles. The molecular formula is C15H12ClN3O. The Balaban J connectivity index is 1.99. The minimum Gasteiger partial charge on any atom is -0.301 e. The van der Waals surface area contributed by atoms with E-state index in [-0.39, 0.29) is 5.56 Å². The zero-order chi connectivity index (χ0) is 13.7. The number of nitrogens with one attached hydrogen (secondary N) is 2. The maximum absolute atomic E-state index is 12.1. The van der Waals surface area contributed by atoms with Crippen LogP contribution in [0, 0.1) is 0 Å². The number of halogens is 1. The number of hydrogen-bond acceptors (Lipinski definition) is 2. The monoisotopic (exact) mass is 285 g/mol. The van der Waals surface area contributed by atoms with E-state index in [4.69, 9.17) is 11.6 Å². The first-order chi connectivity index (χ1) is 9.74. The molecule has 3 aromatic rings. The van der Waals surface area contributed by atoms with Gasteiger partial charge in [0.05, 0.1) is 21.8 Å². The summed E-state index contributed by atoms with van der Waals surface area (Å²) in [6.45, 7) is 0. The lowest BCUT2D eigenvalue weighted by Gasteiger charge is -2.05. The van der Waals surface area contributed by atoms with E-state index in [2.05, 4.69) is 15.2 Å². The molecular weight excluding hydrogens is 274 g/mol. The molecule has 100 valence electrons. The largest absolute Gasteiger partial charge is 0.301 e. The molecule has 1 aliphatic carbocycles. The van der Waals surface area contributed by atoms with E-state index >= 15 is 0 Å². The number of hydrogen-bond donors (Lipinski definition) is 2. The molecule has 1 saturated carbocycles. The molecule has 0 saturated heterocycles. The molecule has 0 atom stereocenters. The van der Waals surface area contributed by atoms with Gasteiger partial charge in [-0.1, -0.05) is 29.8 Å². The first kappa shape index (κ1) is 11.7.